The van der Waals surface area contributed by atoms with E-state index in [2.05, 4.69) is 5.43 Å². The normalized spacial score (nSPS) is 20.0. The van der Waals surface area contributed by atoms with Crippen molar-refractivity contribution in [3.05, 3.63) is 24.3 Å². The van der Waals surface area contributed by atoms with E-state index in [0.29, 0.717) is 18.8 Å². The van der Waals surface area contributed by atoms with Gasteiger partial charge in [-0.2, -0.15) is 12.7 Å². The van der Waals surface area contributed by atoms with Gasteiger partial charge >= 0.3 is 10.2 Å². The van der Waals surface area contributed by atoms with Gasteiger partial charge in [-0.25, -0.2) is 0 Å². The summed E-state index contributed by atoms with van der Waals surface area (Å²) in [5.41, 5.74) is 3.90. The highest BCUT2D eigenvalue weighted by molar-refractivity contribution is 7.90. The van der Waals surface area contributed by atoms with Crippen molar-refractivity contribution in [3.8, 4) is 0 Å². The van der Waals surface area contributed by atoms with E-state index in [-0.39, 0.29) is 0 Å². The van der Waals surface area contributed by atoms with E-state index in [1.54, 1.807) is 31.3 Å². The molecule has 1 aliphatic heterocycles. The number of nitrogens with zero attached hydrogens (tertiary/aromatic N) is 2. The van der Waals surface area contributed by atoms with Crippen LogP contribution in [0.25, 0.3) is 0 Å². The Bertz CT molecular complexity index is 471. The molecule has 0 bridgehead atoms. The van der Waals surface area contributed by atoms with Crippen LogP contribution in [0.15, 0.2) is 24.3 Å². The molecule has 1 aliphatic rings. The topological polar surface area (TPSA) is 78.7 Å². The van der Waals surface area contributed by atoms with Crippen LogP contribution in [0.4, 0.5) is 11.4 Å². The van der Waals surface area contributed by atoms with Crippen molar-refractivity contribution in [2.45, 2.75) is 0 Å². The Morgan fingerprint density at radius 2 is 1.88 bits per heavy atom. The summed E-state index contributed by atoms with van der Waals surface area (Å²) in [5, 5.41) is 0. The SMILES string of the molecule is CN1CCN(c2ccc(NN)cc2)S1(=O)=O. The Kier molecular flexibility index (Phi) is 2.75. The van der Waals surface area contributed by atoms with Crippen molar-refractivity contribution in [1.82, 2.24) is 4.31 Å². The Morgan fingerprint density at radius 3 is 2.31 bits per heavy atom. The summed E-state index contributed by atoms with van der Waals surface area (Å²) in [7, 11) is -1.75. The number of nitrogens with one attached hydrogen (secondary N) is 1. The molecule has 1 fully saturated rings. The molecule has 1 heterocycles. The summed E-state index contributed by atoms with van der Waals surface area (Å²) in [4.78, 5) is 0. The summed E-state index contributed by atoms with van der Waals surface area (Å²) >= 11 is 0. The Labute approximate surface area is 94.8 Å². The van der Waals surface area contributed by atoms with Crippen LogP contribution >= 0.6 is 0 Å². The number of nitrogen functional groups attached to an aromatic ring is 1. The number of rotatable bonds is 2. The van der Waals surface area contributed by atoms with Gasteiger partial charge in [0.25, 0.3) is 0 Å². The van der Waals surface area contributed by atoms with Gasteiger partial charge < -0.3 is 5.43 Å². The van der Waals surface area contributed by atoms with Crippen molar-refractivity contribution in [2.24, 2.45) is 5.84 Å². The molecule has 0 spiro atoms. The van der Waals surface area contributed by atoms with Crippen molar-refractivity contribution in [2.75, 3.05) is 29.9 Å². The maximum absolute atomic E-state index is 11.9. The summed E-state index contributed by atoms with van der Waals surface area (Å²) in [6, 6.07) is 6.93. The molecule has 0 aliphatic carbocycles. The van der Waals surface area contributed by atoms with Crippen molar-refractivity contribution in [3.63, 3.8) is 0 Å². The summed E-state index contributed by atoms with van der Waals surface area (Å²) in [6.45, 7) is 0.994. The fraction of sp³-hybridized carbons (Fsp3) is 0.333. The third-order valence-corrected chi connectivity index (χ3v) is 4.53. The van der Waals surface area contributed by atoms with Gasteiger partial charge in [0.2, 0.25) is 0 Å². The minimum absolute atomic E-state index is 0.480. The van der Waals surface area contributed by atoms with Crippen LogP contribution in [0.2, 0.25) is 0 Å². The number of anilines is 2. The van der Waals surface area contributed by atoms with Crippen molar-refractivity contribution < 1.29 is 8.42 Å². The van der Waals surface area contributed by atoms with Gasteiger partial charge in [0, 0.05) is 25.8 Å². The number of hydrazine groups is 1. The standard InChI is InChI=1S/C9H14N4O2S/c1-12-6-7-13(16(12,14)15)9-4-2-8(11-10)3-5-9/h2-5,11H,6-7,10H2,1H3. The predicted molar refractivity (Wildman–Crippen MR) is 63.1 cm³/mol. The van der Waals surface area contributed by atoms with Crippen LogP contribution in [0.5, 0.6) is 0 Å². The summed E-state index contributed by atoms with van der Waals surface area (Å²) in [6.07, 6.45) is 0. The van der Waals surface area contributed by atoms with Crippen LogP contribution < -0.4 is 15.6 Å². The zero-order valence-corrected chi connectivity index (χ0v) is 9.74. The van der Waals surface area contributed by atoms with Gasteiger partial charge in [0.15, 0.2) is 0 Å². The van der Waals surface area contributed by atoms with Crippen molar-refractivity contribution >= 4 is 21.6 Å². The minimum atomic E-state index is -3.32. The number of benzene rings is 1. The van der Waals surface area contributed by atoms with E-state index in [4.69, 9.17) is 5.84 Å². The average molecular weight is 242 g/mol. The van der Waals surface area contributed by atoms with Crippen molar-refractivity contribution in [1.29, 1.82) is 0 Å². The molecule has 0 saturated carbocycles. The second-order valence-corrected chi connectivity index (χ2v) is 5.55. The maximum Gasteiger partial charge on any atom is 0.303 e. The molecular weight excluding hydrogens is 228 g/mol. The van der Waals surface area contributed by atoms with Crippen LogP contribution in [0, 0.1) is 0 Å². The lowest BCUT2D eigenvalue weighted by Gasteiger charge is -2.18. The van der Waals surface area contributed by atoms with Gasteiger partial charge in [-0.1, -0.05) is 0 Å². The zero-order valence-electron chi connectivity index (χ0n) is 8.92. The van der Waals surface area contributed by atoms with Crippen LogP contribution in [0.3, 0.4) is 0 Å². The predicted octanol–water partition coefficient (Wildman–Crippen LogP) is -0.0312. The molecule has 2 rings (SSSR count). The van der Waals surface area contributed by atoms with E-state index >= 15 is 0 Å². The average Bonchev–Trinajstić information content (AvgIpc) is 2.54. The molecule has 88 valence electrons. The fourth-order valence-corrected chi connectivity index (χ4v) is 2.97. The molecule has 16 heavy (non-hydrogen) atoms. The zero-order chi connectivity index (χ0) is 11.8. The monoisotopic (exact) mass is 242 g/mol. The highest BCUT2D eigenvalue weighted by Gasteiger charge is 2.33. The van der Waals surface area contributed by atoms with Gasteiger partial charge in [-0.15, -0.1) is 0 Å². The molecule has 1 saturated heterocycles. The molecule has 0 atom stereocenters. The number of hydrogen-bond donors (Lipinski definition) is 2. The second-order valence-electron chi connectivity index (χ2n) is 3.59. The summed E-state index contributed by atoms with van der Waals surface area (Å²) < 4.78 is 26.4. The van der Waals surface area contributed by atoms with Crippen LogP contribution in [0.1, 0.15) is 0 Å². The molecule has 0 aromatic heterocycles. The molecular formula is C9H14N4O2S. The smallest absolute Gasteiger partial charge is 0.303 e. The number of hydrogen-bond acceptors (Lipinski definition) is 4. The first-order chi connectivity index (χ1) is 7.55. The highest BCUT2D eigenvalue weighted by Crippen LogP contribution is 2.25. The van der Waals surface area contributed by atoms with E-state index in [9.17, 15) is 8.42 Å². The molecule has 0 amide bonds. The Balaban J connectivity index is 2.32. The molecule has 0 unspecified atom stereocenters. The van der Waals surface area contributed by atoms with Crippen LogP contribution in [-0.4, -0.2) is 32.9 Å². The molecule has 1 aromatic rings. The quantitative estimate of drug-likeness (QED) is 0.564. The van der Waals surface area contributed by atoms with E-state index in [1.165, 1.54) is 8.61 Å². The lowest BCUT2D eigenvalue weighted by molar-refractivity contribution is 0.511. The largest absolute Gasteiger partial charge is 0.324 e. The van der Waals surface area contributed by atoms with Gasteiger partial charge in [0.05, 0.1) is 5.69 Å². The van der Waals surface area contributed by atoms with Gasteiger partial charge in [-0.3, -0.25) is 10.1 Å². The Hall–Kier alpha value is -1.31. The molecule has 7 heteroatoms. The van der Waals surface area contributed by atoms with E-state index < -0.39 is 10.2 Å². The van der Waals surface area contributed by atoms with Crippen LogP contribution in [-0.2, 0) is 10.2 Å². The third-order valence-electron chi connectivity index (χ3n) is 2.61. The lowest BCUT2D eigenvalue weighted by atomic mass is 10.3. The van der Waals surface area contributed by atoms with Gasteiger partial charge in [0.1, 0.15) is 0 Å². The minimum Gasteiger partial charge on any atom is -0.324 e. The fourth-order valence-electron chi connectivity index (χ4n) is 1.62. The first-order valence-electron chi connectivity index (χ1n) is 4.86. The first-order valence-corrected chi connectivity index (χ1v) is 6.26. The van der Waals surface area contributed by atoms with E-state index in [1.807, 2.05) is 0 Å². The molecule has 3 N–H and O–H groups in total. The highest BCUT2D eigenvalue weighted by atomic mass is 32.2. The second kappa shape index (κ2) is 3.93. The Morgan fingerprint density at radius 1 is 1.25 bits per heavy atom. The molecule has 1 aromatic carbocycles. The van der Waals surface area contributed by atoms with Gasteiger partial charge in [-0.05, 0) is 24.3 Å². The maximum atomic E-state index is 11.9. The lowest BCUT2D eigenvalue weighted by Crippen LogP contribution is -2.30. The third kappa shape index (κ3) is 1.73. The molecule has 0 radical (unpaired) electrons. The molecule has 6 nitrogen and oxygen atoms in total. The number of likely N-dealkylation sites (N-methyl/N-ethyl adjacent to an activating group) is 1. The first kappa shape index (κ1) is 11.2. The summed E-state index contributed by atoms with van der Waals surface area (Å²) in [5.74, 6) is 5.24. The number of nitrogens with two attached hydrogens (primary N) is 1. The van der Waals surface area contributed by atoms with E-state index in [0.717, 1.165) is 5.69 Å².